The van der Waals surface area contributed by atoms with Crippen molar-refractivity contribution in [2.45, 2.75) is 9.79 Å². The third-order valence-electron chi connectivity index (χ3n) is 2.43. The van der Waals surface area contributed by atoms with Crippen molar-refractivity contribution in [3.63, 3.8) is 0 Å². The van der Waals surface area contributed by atoms with E-state index in [9.17, 15) is 31.0 Å². The molecule has 0 aromatic heterocycles. The van der Waals surface area contributed by atoms with Gasteiger partial charge in [0.25, 0.3) is 0 Å². The summed E-state index contributed by atoms with van der Waals surface area (Å²) >= 11 is 0. The van der Waals surface area contributed by atoms with Crippen LogP contribution in [0.2, 0.25) is 0 Å². The molecule has 0 radical (unpaired) electrons. The molecule has 0 heterocycles. The number of phenolic OH excluding ortho intramolecular Hbond substituents is 1. The first-order valence-electron chi connectivity index (χ1n) is 4.77. The van der Waals surface area contributed by atoms with Crippen LogP contribution in [0.4, 0.5) is 0 Å². The van der Waals surface area contributed by atoms with E-state index in [1.807, 2.05) is 0 Å². The number of aromatic hydroxyl groups is 1. The normalized spacial score (nSPS) is 11.5. The van der Waals surface area contributed by atoms with Crippen LogP contribution in [0.5, 0.6) is 5.75 Å². The zero-order valence-corrected chi connectivity index (χ0v) is 16.7. The van der Waals surface area contributed by atoms with Crippen molar-refractivity contribution in [3.8, 4) is 5.75 Å². The molecule has 0 fully saturated rings. The van der Waals surface area contributed by atoms with Gasteiger partial charge in [0.1, 0.15) is 26.0 Å². The van der Waals surface area contributed by atoms with Crippen LogP contribution < -0.4 is 59.1 Å². The Bertz CT molecular complexity index is 876. The van der Waals surface area contributed by atoms with Crippen LogP contribution in [-0.2, 0) is 20.2 Å². The van der Waals surface area contributed by atoms with Gasteiger partial charge < -0.3 is 14.2 Å². The zero-order valence-electron chi connectivity index (χ0n) is 11.1. The molecule has 0 atom stereocenters. The Morgan fingerprint density at radius 2 is 1.43 bits per heavy atom. The van der Waals surface area contributed by atoms with Crippen molar-refractivity contribution in [3.05, 3.63) is 30.3 Å². The maximum absolute atomic E-state index is 11.1. The Morgan fingerprint density at radius 1 is 0.857 bits per heavy atom. The van der Waals surface area contributed by atoms with Crippen molar-refractivity contribution in [1.82, 2.24) is 0 Å². The average molecular weight is 348 g/mol. The predicted molar refractivity (Wildman–Crippen MR) is 61.5 cm³/mol. The second-order valence-electron chi connectivity index (χ2n) is 3.74. The molecule has 0 aliphatic carbocycles. The minimum atomic E-state index is -4.99. The minimum Gasteiger partial charge on any atom is -0.744 e. The molecule has 7 nitrogen and oxygen atoms in total. The van der Waals surface area contributed by atoms with E-state index in [0.717, 1.165) is 12.1 Å². The Labute approximate surface area is 165 Å². The summed E-state index contributed by atoms with van der Waals surface area (Å²) in [5.74, 6) is -0.296. The number of phenols is 1. The molecule has 102 valence electrons. The van der Waals surface area contributed by atoms with Gasteiger partial charge in [0.15, 0.2) is 0 Å². The number of fused-ring (bicyclic) bond motifs is 1. The van der Waals surface area contributed by atoms with Crippen LogP contribution in [0.1, 0.15) is 0 Å². The summed E-state index contributed by atoms with van der Waals surface area (Å²) in [6.45, 7) is 0. The predicted octanol–water partition coefficient (Wildman–Crippen LogP) is -5.64. The molecule has 0 saturated heterocycles. The standard InChI is InChI=1S/C10H8O7S2.2Na/c11-7-2-1-6-3-8(18(12,13)14)5-10(9(6)4-7)19(15,16)17;;/h1-5,11H,(H,12,13,14)(H,15,16,17);;/q;2*+1/p-2. The minimum absolute atomic E-state index is 0. The van der Waals surface area contributed by atoms with E-state index in [1.165, 1.54) is 12.1 Å². The van der Waals surface area contributed by atoms with Gasteiger partial charge in [-0.1, -0.05) is 6.07 Å². The van der Waals surface area contributed by atoms with E-state index in [4.69, 9.17) is 0 Å². The van der Waals surface area contributed by atoms with Gasteiger partial charge in [0.05, 0.1) is 9.79 Å². The third kappa shape index (κ3) is 4.90. The van der Waals surface area contributed by atoms with Crippen molar-refractivity contribution in [2.75, 3.05) is 0 Å². The molecule has 0 amide bonds. The average Bonchev–Trinajstić information content (AvgIpc) is 2.24. The molecule has 0 aliphatic rings. The molecule has 2 aromatic rings. The topological polar surface area (TPSA) is 135 Å². The molecular weight excluding hydrogens is 342 g/mol. The van der Waals surface area contributed by atoms with Gasteiger partial charge in [-0.3, -0.25) is 0 Å². The second-order valence-corrected chi connectivity index (χ2v) is 6.46. The van der Waals surface area contributed by atoms with E-state index in [1.54, 1.807) is 0 Å². The molecule has 1 N–H and O–H groups in total. The largest absolute Gasteiger partial charge is 1.00 e. The van der Waals surface area contributed by atoms with Gasteiger partial charge in [-0.2, -0.15) is 0 Å². The number of benzene rings is 2. The fourth-order valence-corrected chi connectivity index (χ4v) is 2.96. The molecule has 0 saturated carbocycles. The summed E-state index contributed by atoms with van der Waals surface area (Å²) < 4.78 is 66.1. The molecule has 2 aromatic carbocycles. The molecule has 0 spiro atoms. The Kier molecular flexibility index (Phi) is 7.37. The molecule has 0 unspecified atom stereocenters. The molecule has 0 bridgehead atoms. The van der Waals surface area contributed by atoms with Gasteiger partial charge in [0.2, 0.25) is 0 Å². The summed E-state index contributed by atoms with van der Waals surface area (Å²) in [4.78, 5) is -1.68. The molecular formula is C10H6Na2O7S2. The summed E-state index contributed by atoms with van der Waals surface area (Å²) in [6.07, 6.45) is 0. The first-order chi connectivity index (χ1) is 8.59. The fourth-order valence-electron chi connectivity index (χ4n) is 1.64. The summed E-state index contributed by atoms with van der Waals surface area (Å²) in [5, 5.41) is 9.17. The summed E-state index contributed by atoms with van der Waals surface area (Å²) in [6, 6.07) is 4.80. The van der Waals surface area contributed by atoms with Gasteiger partial charge in [-0.25, -0.2) is 16.8 Å². The van der Waals surface area contributed by atoms with E-state index in [-0.39, 0.29) is 75.6 Å². The van der Waals surface area contributed by atoms with E-state index in [2.05, 4.69) is 0 Å². The van der Waals surface area contributed by atoms with Gasteiger partial charge in [-0.15, -0.1) is 0 Å². The van der Waals surface area contributed by atoms with Crippen LogP contribution in [0.15, 0.2) is 40.1 Å². The smallest absolute Gasteiger partial charge is 0.744 e. The number of rotatable bonds is 2. The van der Waals surface area contributed by atoms with Crippen LogP contribution in [0.25, 0.3) is 10.8 Å². The van der Waals surface area contributed by atoms with E-state index in [0.29, 0.717) is 6.07 Å². The molecule has 0 aliphatic heterocycles. The quantitative estimate of drug-likeness (QED) is 0.422. The SMILES string of the molecule is O=S(=O)([O-])c1cc(S(=O)(=O)[O-])c2cc(O)ccc2c1.[Na+].[Na+]. The number of hydrogen-bond donors (Lipinski definition) is 1. The van der Waals surface area contributed by atoms with Crippen molar-refractivity contribution < 1.29 is 90.2 Å². The molecule has 21 heavy (non-hydrogen) atoms. The summed E-state index contributed by atoms with van der Waals surface area (Å²) in [5.41, 5.74) is 0. The third-order valence-corrected chi connectivity index (χ3v) is 4.12. The van der Waals surface area contributed by atoms with Crippen LogP contribution in [0.3, 0.4) is 0 Å². The fraction of sp³-hybridized carbons (Fsp3) is 0. The van der Waals surface area contributed by atoms with Crippen LogP contribution >= 0.6 is 0 Å². The van der Waals surface area contributed by atoms with Crippen LogP contribution in [0, 0.1) is 0 Å². The number of hydrogen-bond acceptors (Lipinski definition) is 7. The van der Waals surface area contributed by atoms with Crippen LogP contribution in [-0.4, -0.2) is 31.0 Å². The van der Waals surface area contributed by atoms with Crippen molar-refractivity contribution in [1.29, 1.82) is 0 Å². The molecule has 11 heteroatoms. The van der Waals surface area contributed by atoms with E-state index < -0.39 is 30.0 Å². The monoisotopic (exact) mass is 348 g/mol. The van der Waals surface area contributed by atoms with Gasteiger partial charge in [0, 0.05) is 5.39 Å². The van der Waals surface area contributed by atoms with Gasteiger partial charge >= 0.3 is 59.1 Å². The first kappa shape index (κ1) is 21.3. The first-order valence-corrected chi connectivity index (χ1v) is 7.59. The second kappa shape index (κ2) is 7.26. The Balaban J connectivity index is 0.00000200. The Hall–Kier alpha value is 0.320. The van der Waals surface area contributed by atoms with Gasteiger partial charge in [-0.05, 0) is 29.7 Å². The summed E-state index contributed by atoms with van der Waals surface area (Å²) in [7, 11) is -9.90. The zero-order chi connectivity index (χ0) is 14.4. The van der Waals surface area contributed by atoms with Crippen molar-refractivity contribution in [2.24, 2.45) is 0 Å². The van der Waals surface area contributed by atoms with E-state index >= 15 is 0 Å². The maximum Gasteiger partial charge on any atom is 1.00 e. The van der Waals surface area contributed by atoms with Crippen molar-refractivity contribution >= 4 is 31.0 Å². The Morgan fingerprint density at radius 3 is 1.90 bits per heavy atom. The maximum atomic E-state index is 11.1. The molecule has 2 rings (SSSR count).